The highest BCUT2D eigenvalue weighted by Gasteiger charge is 2.33. The Labute approximate surface area is 188 Å². The van der Waals surface area contributed by atoms with Crippen LogP contribution >= 0.6 is 35.0 Å². The molecule has 0 saturated carbocycles. The van der Waals surface area contributed by atoms with Crippen molar-refractivity contribution in [2.24, 2.45) is 0 Å². The molecular formula is C22H18Cl2N2O3S. The molecular weight excluding hydrogens is 443 g/mol. The Morgan fingerprint density at radius 3 is 2.67 bits per heavy atom. The highest BCUT2D eigenvalue weighted by molar-refractivity contribution is 8.00. The normalized spacial score (nSPS) is 16.1. The summed E-state index contributed by atoms with van der Waals surface area (Å²) in [5, 5.41) is 3.82. The monoisotopic (exact) mass is 460 g/mol. The van der Waals surface area contributed by atoms with Gasteiger partial charge >= 0.3 is 0 Å². The molecule has 5 nitrogen and oxygen atoms in total. The van der Waals surface area contributed by atoms with Crippen molar-refractivity contribution in [2.45, 2.75) is 18.5 Å². The van der Waals surface area contributed by atoms with E-state index in [1.165, 1.54) is 0 Å². The van der Waals surface area contributed by atoms with Gasteiger partial charge in [-0.15, -0.1) is 11.8 Å². The van der Waals surface area contributed by atoms with Crippen LogP contribution in [0.15, 0.2) is 65.3 Å². The SMILES string of the molecule is O=C(NCc1ccc(Cl)cc1Cl)c1ccc([C@H]2SCC(=O)N2Cc2ccco2)cc1. The summed E-state index contributed by atoms with van der Waals surface area (Å²) in [5.41, 5.74) is 2.30. The van der Waals surface area contributed by atoms with E-state index in [-0.39, 0.29) is 17.2 Å². The first-order chi connectivity index (χ1) is 14.5. The fourth-order valence-electron chi connectivity index (χ4n) is 3.21. The van der Waals surface area contributed by atoms with Gasteiger partial charge in [0.2, 0.25) is 5.91 Å². The predicted octanol–water partition coefficient (Wildman–Crippen LogP) is 5.29. The summed E-state index contributed by atoms with van der Waals surface area (Å²) in [4.78, 5) is 26.6. The number of furan rings is 1. The third-order valence-electron chi connectivity index (χ3n) is 4.79. The van der Waals surface area contributed by atoms with Crippen molar-refractivity contribution in [1.82, 2.24) is 10.2 Å². The van der Waals surface area contributed by atoms with Crippen molar-refractivity contribution >= 4 is 46.8 Å². The molecule has 2 aromatic carbocycles. The van der Waals surface area contributed by atoms with E-state index >= 15 is 0 Å². The lowest BCUT2D eigenvalue weighted by molar-refractivity contribution is -0.128. The van der Waals surface area contributed by atoms with Gasteiger partial charge in [-0.2, -0.15) is 0 Å². The summed E-state index contributed by atoms with van der Waals surface area (Å²) >= 11 is 13.6. The first kappa shape index (κ1) is 20.8. The molecule has 30 heavy (non-hydrogen) atoms. The van der Waals surface area contributed by atoms with Crippen LogP contribution in [0.2, 0.25) is 10.0 Å². The standard InChI is InChI=1S/C22H18Cl2N2O3S/c23-17-8-7-16(19(24)10-17)11-25-21(28)14-3-5-15(6-4-14)22-26(20(27)13-30-22)12-18-2-1-9-29-18/h1-10,22H,11-13H2,(H,25,28)/t22-/m1/s1. The number of hydrogen-bond donors (Lipinski definition) is 1. The van der Waals surface area contributed by atoms with Gasteiger partial charge in [-0.25, -0.2) is 0 Å². The lowest BCUT2D eigenvalue weighted by atomic mass is 10.1. The van der Waals surface area contributed by atoms with Crippen molar-refractivity contribution in [3.8, 4) is 0 Å². The maximum atomic E-state index is 12.5. The van der Waals surface area contributed by atoms with E-state index < -0.39 is 0 Å². The van der Waals surface area contributed by atoms with Gasteiger partial charge in [0.15, 0.2) is 0 Å². The van der Waals surface area contributed by atoms with E-state index in [1.54, 1.807) is 53.3 Å². The molecule has 0 spiro atoms. The van der Waals surface area contributed by atoms with E-state index in [4.69, 9.17) is 27.6 Å². The quantitative estimate of drug-likeness (QED) is 0.542. The Balaban J connectivity index is 1.41. The summed E-state index contributed by atoms with van der Waals surface area (Å²) in [6, 6.07) is 16.1. The van der Waals surface area contributed by atoms with E-state index in [9.17, 15) is 9.59 Å². The molecule has 1 aromatic heterocycles. The number of amides is 2. The van der Waals surface area contributed by atoms with Crippen molar-refractivity contribution < 1.29 is 14.0 Å². The third kappa shape index (κ3) is 4.67. The summed E-state index contributed by atoms with van der Waals surface area (Å²) in [5.74, 6) is 1.04. The molecule has 0 aliphatic carbocycles. The number of carbonyl (C=O) groups is 2. The molecule has 2 amide bonds. The van der Waals surface area contributed by atoms with Crippen LogP contribution in [0.25, 0.3) is 0 Å². The fourth-order valence-corrected chi connectivity index (χ4v) is 4.88. The summed E-state index contributed by atoms with van der Waals surface area (Å²) in [7, 11) is 0. The zero-order valence-corrected chi connectivity index (χ0v) is 18.1. The molecule has 1 saturated heterocycles. The molecule has 2 heterocycles. The summed E-state index contributed by atoms with van der Waals surface area (Å²) in [6.07, 6.45) is 1.60. The number of benzene rings is 2. The van der Waals surface area contributed by atoms with E-state index in [1.807, 2.05) is 24.3 Å². The molecule has 8 heteroatoms. The van der Waals surface area contributed by atoms with Gasteiger partial charge in [0.1, 0.15) is 11.1 Å². The molecule has 1 fully saturated rings. The molecule has 3 aromatic rings. The largest absolute Gasteiger partial charge is 0.467 e. The molecule has 0 unspecified atom stereocenters. The zero-order valence-electron chi connectivity index (χ0n) is 15.8. The first-order valence-corrected chi connectivity index (χ1v) is 11.1. The van der Waals surface area contributed by atoms with Crippen LogP contribution in [0.3, 0.4) is 0 Å². The van der Waals surface area contributed by atoms with Gasteiger partial charge in [0.05, 0.1) is 18.6 Å². The van der Waals surface area contributed by atoms with E-state index in [0.29, 0.717) is 34.5 Å². The number of halogens is 2. The number of thioether (sulfide) groups is 1. The maximum Gasteiger partial charge on any atom is 0.251 e. The van der Waals surface area contributed by atoms with Gasteiger partial charge < -0.3 is 14.6 Å². The van der Waals surface area contributed by atoms with Crippen molar-refractivity contribution in [2.75, 3.05) is 5.75 Å². The number of hydrogen-bond acceptors (Lipinski definition) is 4. The minimum absolute atomic E-state index is 0.0723. The number of nitrogens with zero attached hydrogens (tertiary/aromatic N) is 1. The van der Waals surface area contributed by atoms with Gasteiger partial charge in [-0.05, 0) is 47.5 Å². The van der Waals surface area contributed by atoms with Gasteiger partial charge in [-0.1, -0.05) is 41.4 Å². The van der Waals surface area contributed by atoms with Crippen LogP contribution in [0.5, 0.6) is 0 Å². The average Bonchev–Trinajstić information content (AvgIpc) is 3.38. The Morgan fingerprint density at radius 2 is 1.97 bits per heavy atom. The average molecular weight is 461 g/mol. The smallest absolute Gasteiger partial charge is 0.251 e. The predicted molar refractivity (Wildman–Crippen MR) is 119 cm³/mol. The van der Waals surface area contributed by atoms with Crippen LogP contribution < -0.4 is 5.32 Å². The third-order valence-corrected chi connectivity index (χ3v) is 6.63. The number of rotatable bonds is 6. The van der Waals surface area contributed by atoms with Crippen LogP contribution in [0.4, 0.5) is 0 Å². The second-order valence-corrected chi connectivity index (χ2v) is 8.72. The fraction of sp³-hybridized carbons (Fsp3) is 0.182. The molecule has 0 radical (unpaired) electrons. The van der Waals surface area contributed by atoms with E-state index in [2.05, 4.69) is 5.32 Å². The summed E-state index contributed by atoms with van der Waals surface area (Å²) in [6.45, 7) is 0.730. The molecule has 1 aliphatic heterocycles. The van der Waals surface area contributed by atoms with Gasteiger partial charge in [0.25, 0.3) is 5.91 Å². The molecule has 154 valence electrons. The lowest BCUT2D eigenvalue weighted by Crippen LogP contribution is -2.27. The number of nitrogens with one attached hydrogen (secondary N) is 1. The second kappa shape index (κ2) is 9.16. The summed E-state index contributed by atoms with van der Waals surface area (Å²) < 4.78 is 5.38. The minimum atomic E-state index is -0.199. The molecule has 0 bridgehead atoms. The molecule has 4 rings (SSSR count). The zero-order chi connectivity index (χ0) is 21.1. The Morgan fingerprint density at radius 1 is 1.17 bits per heavy atom. The van der Waals surface area contributed by atoms with Crippen molar-refractivity contribution in [1.29, 1.82) is 0 Å². The second-order valence-electron chi connectivity index (χ2n) is 6.80. The minimum Gasteiger partial charge on any atom is -0.467 e. The number of carbonyl (C=O) groups excluding carboxylic acids is 2. The Bertz CT molecular complexity index is 1050. The molecule has 1 N–H and O–H groups in total. The van der Waals surface area contributed by atoms with Gasteiger partial charge in [-0.3, -0.25) is 9.59 Å². The highest BCUT2D eigenvalue weighted by atomic mass is 35.5. The Hall–Kier alpha value is -2.41. The van der Waals surface area contributed by atoms with Crippen molar-refractivity contribution in [3.63, 3.8) is 0 Å². The van der Waals surface area contributed by atoms with Crippen molar-refractivity contribution in [3.05, 3.63) is 93.4 Å². The topological polar surface area (TPSA) is 62.6 Å². The first-order valence-electron chi connectivity index (χ1n) is 9.27. The van der Waals surface area contributed by atoms with E-state index in [0.717, 1.165) is 16.9 Å². The van der Waals surface area contributed by atoms with Crippen LogP contribution in [-0.2, 0) is 17.9 Å². The maximum absolute atomic E-state index is 12.5. The van der Waals surface area contributed by atoms with Crippen LogP contribution in [-0.4, -0.2) is 22.5 Å². The Kier molecular flexibility index (Phi) is 6.37. The lowest BCUT2D eigenvalue weighted by Gasteiger charge is -2.23. The van der Waals surface area contributed by atoms with Gasteiger partial charge in [0, 0.05) is 22.2 Å². The molecule has 1 aliphatic rings. The molecule has 1 atom stereocenters. The highest BCUT2D eigenvalue weighted by Crippen LogP contribution is 2.39. The van der Waals surface area contributed by atoms with Crippen LogP contribution in [0, 0.1) is 0 Å². The van der Waals surface area contributed by atoms with Crippen LogP contribution in [0.1, 0.15) is 32.6 Å².